The molecule has 0 aliphatic heterocycles. The maximum absolute atomic E-state index is 11.0. The van der Waals surface area contributed by atoms with Crippen LogP contribution in [0.2, 0.25) is 0 Å². The van der Waals surface area contributed by atoms with Gasteiger partial charge in [-0.25, -0.2) is 4.79 Å². The van der Waals surface area contributed by atoms with Gasteiger partial charge in [-0.1, -0.05) is 0 Å². The first-order valence-electron chi connectivity index (χ1n) is 3.90. The van der Waals surface area contributed by atoms with Crippen molar-refractivity contribution in [3.05, 3.63) is 0 Å². The molecular weight excluding hydrogens is 178 g/mol. The maximum Gasteiger partial charge on any atom is 0.407 e. The molecule has 0 fully saturated rings. The van der Waals surface area contributed by atoms with Crippen LogP contribution in [0.15, 0.2) is 0 Å². The molecule has 4 heteroatoms. The minimum atomic E-state index is -0.448. The molecular formula is C8H16ClNO2. The number of amides is 1. The number of halogens is 1. The summed E-state index contributed by atoms with van der Waals surface area (Å²) < 4.78 is 5.00. The SMILES string of the molecule is C[C@@H](CCl)NC(=O)OC(C)(C)C. The van der Waals surface area contributed by atoms with Gasteiger partial charge >= 0.3 is 6.09 Å². The Labute approximate surface area is 78.4 Å². The first kappa shape index (κ1) is 11.6. The molecule has 0 radical (unpaired) electrons. The van der Waals surface area contributed by atoms with Crippen LogP contribution in [0.1, 0.15) is 27.7 Å². The van der Waals surface area contributed by atoms with E-state index in [9.17, 15) is 4.79 Å². The quantitative estimate of drug-likeness (QED) is 0.683. The van der Waals surface area contributed by atoms with Crippen molar-refractivity contribution >= 4 is 17.7 Å². The molecule has 0 aliphatic carbocycles. The van der Waals surface area contributed by atoms with Gasteiger partial charge in [0.15, 0.2) is 0 Å². The highest BCUT2D eigenvalue weighted by atomic mass is 35.5. The van der Waals surface area contributed by atoms with E-state index in [-0.39, 0.29) is 6.04 Å². The lowest BCUT2D eigenvalue weighted by atomic mass is 10.2. The summed E-state index contributed by atoms with van der Waals surface area (Å²) in [6, 6.07) is -0.0542. The van der Waals surface area contributed by atoms with Crippen molar-refractivity contribution in [3.63, 3.8) is 0 Å². The number of alkyl carbamates (subject to hydrolysis) is 1. The molecule has 72 valence electrons. The molecule has 0 aromatic carbocycles. The van der Waals surface area contributed by atoms with Crippen LogP contribution in [0.3, 0.4) is 0 Å². The van der Waals surface area contributed by atoms with Crippen molar-refractivity contribution in [1.29, 1.82) is 0 Å². The summed E-state index contributed by atoms with van der Waals surface area (Å²) in [6.07, 6.45) is -0.421. The first-order chi connectivity index (χ1) is 5.35. The Balaban J connectivity index is 3.75. The lowest BCUT2D eigenvalue weighted by Gasteiger charge is -2.21. The van der Waals surface area contributed by atoms with Gasteiger partial charge in [-0.2, -0.15) is 0 Å². The number of alkyl halides is 1. The molecule has 0 rings (SSSR count). The van der Waals surface area contributed by atoms with Crippen molar-refractivity contribution in [2.45, 2.75) is 39.3 Å². The Hall–Kier alpha value is -0.440. The minimum absolute atomic E-state index is 0.0542. The Morgan fingerprint density at radius 3 is 2.42 bits per heavy atom. The highest BCUT2D eigenvalue weighted by Crippen LogP contribution is 2.06. The average molecular weight is 194 g/mol. The Kier molecular flexibility index (Phi) is 4.39. The van der Waals surface area contributed by atoms with Gasteiger partial charge in [-0.15, -0.1) is 11.6 Å². The van der Waals surface area contributed by atoms with E-state index in [1.54, 1.807) is 0 Å². The van der Waals surface area contributed by atoms with Crippen LogP contribution in [0.4, 0.5) is 4.79 Å². The molecule has 12 heavy (non-hydrogen) atoms. The monoisotopic (exact) mass is 193 g/mol. The van der Waals surface area contributed by atoms with Crippen LogP contribution in [-0.2, 0) is 4.74 Å². The van der Waals surface area contributed by atoms with Crippen molar-refractivity contribution in [3.8, 4) is 0 Å². The number of hydrogen-bond acceptors (Lipinski definition) is 2. The molecule has 0 saturated heterocycles. The van der Waals surface area contributed by atoms with E-state index in [1.165, 1.54) is 0 Å². The van der Waals surface area contributed by atoms with E-state index in [2.05, 4.69) is 5.32 Å². The fourth-order valence-electron chi connectivity index (χ4n) is 0.547. The zero-order valence-electron chi connectivity index (χ0n) is 7.98. The molecule has 0 aromatic rings. The average Bonchev–Trinajstić information content (AvgIpc) is 1.82. The normalized spacial score (nSPS) is 13.8. The summed E-state index contributed by atoms with van der Waals surface area (Å²) in [6.45, 7) is 7.27. The number of nitrogens with one attached hydrogen (secondary N) is 1. The lowest BCUT2D eigenvalue weighted by Crippen LogP contribution is -2.38. The van der Waals surface area contributed by atoms with Gasteiger partial charge in [-0.3, -0.25) is 0 Å². The molecule has 1 amide bonds. The highest BCUT2D eigenvalue weighted by Gasteiger charge is 2.16. The number of ether oxygens (including phenoxy) is 1. The number of hydrogen-bond donors (Lipinski definition) is 1. The number of carbonyl (C=O) groups is 1. The van der Waals surface area contributed by atoms with Crippen LogP contribution in [0.5, 0.6) is 0 Å². The molecule has 0 saturated carbocycles. The second-order valence-corrected chi connectivity index (χ2v) is 4.01. The van der Waals surface area contributed by atoms with Crippen molar-refractivity contribution in [1.82, 2.24) is 5.32 Å². The van der Waals surface area contributed by atoms with E-state index in [0.717, 1.165) is 0 Å². The first-order valence-corrected chi connectivity index (χ1v) is 4.44. The van der Waals surface area contributed by atoms with E-state index >= 15 is 0 Å². The van der Waals surface area contributed by atoms with Crippen LogP contribution in [0, 0.1) is 0 Å². The number of carbonyl (C=O) groups excluding carboxylic acids is 1. The van der Waals surface area contributed by atoms with Crippen LogP contribution < -0.4 is 5.32 Å². The molecule has 0 bridgehead atoms. The topological polar surface area (TPSA) is 38.3 Å². The van der Waals surface area contributed by atoms with E-state index in [4.69, 9.17) is 16.3 Å². The van der Waals surface area contributed by atoms with Crippen molar-refractivity contribution in [2.75, 3.05) is 5.88 Å². The largest absolute Gasteiger partial charge is 0.444 e. The Morgan fingerprint density at radius 1 is 1.58 bits per heavy atom. The summed E-state index contributed by atoms with van der Waals surface area (Å²) in [4.78, 5) is 11.0. The van der Waals surface area contributed by atoms with Gasteiger partial charge in [0.1, 0.15) is 5.60 Å². The highest BCUT2D eigenvalue weighted by molar-refractivity contribution is 6.18. The molecule has 1 N–H and O–H groups in total. The fourth-order valence-corrected chi connectivity index (χ4v) is 0.624. The van der Waals surface area contributed by atoms with Gasteiger partial charge in [0.2, 0.25) is 0 Å². The molecule has 0 aliphatic rings. The summed E-state index contributed by atoms with van der Waals surface area (Å²) in [5.74, 6) is 0.388. The van der Waals surface area contributed by atoms with Crippen molar-refractivity contribution < 1.29 is 9.53 Å². The third kappa shape index (κ3) is 6.28. The third-order valence-electron chi connectivity index (χ3n) is 0.995. The fraction of sp³-hybridized carbons (Fsp3) is 0.875. The van der Waals surface area contributed by atoms with Crippen LogP contribution in [-0.4, -0.2) is 23.6 Å². The van der Waals surface area contributed by atoms with Gasteiger partial charge in [-0.05, 0) is 27.7 Å². The summed E-state index contributed by atoms with van der Waals surface area (Å²) >= 11 is 5.50. The smallest absolute Gasteiger partial charge is 0.407 e. The van der Waals surface area contributed by atoms with E-state index in [1.807, 2.05) is 27.7 Å². The standard InChI is InChI=1S/C8H16ClNO2/c1-6(5-9)10-7(11)12-8(2,3)4/h6H,5H2,1-4H3,(H,10,11)/t6-/m0/s1. The predicted octanol–water partition coefficient (Wildman–Crippen LogP) is 2.14. The maximum atomic E-state index is 11.0. The third-order valence-corrected chi connectivity index (χ3v) is 1.46. The Bertz CT molecular complexity index is 154. The molecule has 0 heterocycles. The second kappa shape index (κ2) is 4.55. The molecule has 0 spiro atoms. The van der Waals surface area contributed by atoms with E-state index in [0.29, 0.717) is 5.88 Å². The molecule has 0 unspecified atom stereocenters. The molecule has 3 nitrogen and oxygen atoms in total. The zero-order valence-corrected chi connectivity index (χ0v) is 8.73. The van der Waals surface area contributed by atoms with Gasteiger partial charge in [0.25, 0.3) is 0 Å². The minimum Gasteiger partial charge on any atom is -0.444 e. The number of rotatable bonds is 2. The second-order valence-electron chi connectivity index (χ2n) is 3.70. The Morgan fingerprint density at radius 2 is 2.08 bits per heavy atom. The van der Waals surface area contributed by atoms with E-state index < -0.39 is 11.7 Å². The summed E-state index contributed by atoms with van der Waals surface area (Å²) in [5, 5.41) is 2.59. The summed E-state index contributed by atoms with van der Waals surface area (Å²) in [5.41, 5.74) is -0.448. The summed E-state index contributed by atoms with van der Waals surface area (Å²) in [7, 11) is 0. The lowest BCUT2D eigenvalue weighted by molar-refractivity contribution is 0.0513. The van der Waals surface area contributed by atoms with Gasteiger partial charge < -0.3 is 10.1 Å². The van der Waals surface area contributed by atoms with Crippen LogP contribution >= 0.6 is 11.6 Å². The van der Waals surface area contributed by atoms with Crippen LogP contribution in [0.25, 0.3) is 0 Å². The van der Waals surface area contributed by atoms with Gasteiger partial charge in [0, 0.05) is 11.9 Å². The molecule has 1 atom stereocenters. The molecule has 0 aromatic heterocycles. The van der Waals surface area contributed by atoms with Crippen molar-refractivity contribution in [2.24, 2.45) is 0 Å². The van der Waals surface area contributed by atoms with Gasteiger partial charge in [0.05, 0.1) is 0 Å². The predicted molar refractivity (Wildman–Crippen MR) is 49.6 cm³/mol. The zero-order chi connectivity index (χ0) is 9.78.